The van der Waals surface area contributed by atoms with Gasteiger partial charge in [-0.25, -0.2) is 0 Å². The Bertz CT molecular complexity index is 817. The molecule has 0 unspecified atom stereocenters. The Morgan fingerprint density at radius 1 is 1.24 bits per heavy atom. The fraction of sp³-hybridized carbons (Fsp3) is 0.316. The molecule has 0 aromatic heterocycles. The van der Waals surface area contributed by atoms with Crippen LogP contribution in [0.25, 0.3) is 0 Å². The van der Waals surface area contributed by atoms with Crippen LogP contribution in [-0.2, 0) is 6.42 Å². The summed E-state index contributed by atoms with van der Waals surface area (Å²) in [5, 5.41) is 0. The highest BCUT2D eigenvalue weighted by Crippen LogP contribution is 2.41. The Kier molecular flexibility index (Phi) is 3.87. The molecular weight excluding hydrogens is 320 g/mol. The molecular formula is C19H20N2O4. The zero-order valence-electron chi connectivity index (χ0n) is 14.1. The number of nitrogen functional groups attached to an aromatic ring is 1. The van der Waals surface area contributed by atoms with Crippen molar-refractivity contribution in [1.82, 2.24) is 0 Å². The Balaban J connectivity index is 1.74. The van der Waals surface area contributed by atoms with Gasteiger partial charge in [0.2, 0.25) is 5.75 Å². The van der Waals surface area contributed by atoms with Crippen molar-refractivity contribution in [2.75, 3.05) is 37.5 Å². The normalized spacial score (nSPS) is 15.5. The minimum absolute atomic E-state index is 0.0955. The van der Waals surface area contributed by atoms with Gasteiger partial charge in [-0.15, -0.1) is 0 Å². The van der Waals surface area contributed by atoms with E-state index in [9.17, 15) is 4.79 Å². The predicted molar refractivity (Wildman–Crippen MR) is 94.8 cm³/mol. The summed E-state index contributed by atoms with van der Waals surface area (Å²) in [5.41, 5.74) is 9.24. The second kappa shape index (κ2) is 6.20. The molecule has 1 amide bonds. The van der Waals surface area contributed by atoms with Crippen LogP contribution < -0.4 is 24.8 Å². The smallest absolute Gasteiger partial charge is 0.258 e. The Labute approximate surface area is 146 Å². The molecule has 2 aromatic carbocycles. The summed E-state index contributed by atoms with van der Waals surface area (Å²) in [4.78, 5) is 14.9. The topological polar surface area (TPSA) is 74.0 Å². The van der Waals surface area contributed by atoms with Gasteiger partial charge in [-0.1, -0.05) is 6.07 Å². The summed E-state index contributed by atoms with van der Waals surface area (Å²) >= 11 is 0. The number of nitrogens with two attached hydrogens (primary N) is 1. The molecule has 0 bridgehead atoms. The summed E-state index contributed by atoms with van der Waals surface area (Å²) < 4.78 is 16.6. The van der Waals surface area contributed by atoms with Crippen LogP contribution >= 0.6 is 0 Å². The minimum Gasteiger partial charge on any atom is -0.493 e. The lowest BCUT2D eigenvalue weighted by Crippen LogP contribution is -2.35. The molecule has 0 fully saturated rings. The van der Waals surface area contributed by atoms with Gasteiger partial charge in [0, 0.05) is 23.5 Å². The van der Waals surface area contributed by atoms with Crippen LogP contribution in [0.4, 0.5) is 11.4 Å². The quantitative estimate of drug-likeness (QED) is 0.851. The van der Waals surface area contributed by atoms with E-state index in [1.807, 2.05) is 18.2 Å². The fourth-order valence-corrected chi connectivity index (χ4v) is 3.42. The number of benzene rings is 2. The van der Waals surface area contributed by atoms with Gasteiger partial charge >= 0.3 is 0 Å². The summed E-state index contributed by atoms with van der Waals surface area (Å²) in [7, 11) is 1.55. The van der Waals surface area contributed by atoms with Crippen molar-refractivity contribution in [2.24, 2.45) is 0 Å². The molecule has 2 aliphatic rings. The molecule has 0 aliphatic carbocycles. The SMILES string of the molecule is COc1cc(C(=O)N2CCCc3c(N)cccc32)cc2c1OCCO2. The van der Waals surface area contributed by atoms with Crippen LogP contribution in [0.15, 0.2) is 30.3 Å². The number of methoxy groups -OCH3 is 1. The molecule has 4 rings (SSSR count). The molecule has 25 heavy (non-hydrogen) atoms. The molecule has 0 spiro atoms. The van der Waals surface area contributed by atoms with Crippen LogP contribution in [0, 0.1) is 0 Å². The maximum atomic E-state index is 13.2. The van der Waals surface area contributed by atoms with Gasteiger partial charge in [0.25, 0.3) is 5.91 Å². The first kappa shape index (κ1) is 15.6. The van der Waals surface area contributed by atoms with Crippen molar-refractivity contribution in [2.45, 2.75) is 12.8 Å². The molecule has 0 saturated heterocycles. The van der Waals surface area contributed by atoms with Crippen molar-refractivity contribution in [3.05, 3.63) is 41.5 Å². The van der Waals surface area contributed by atoms with E-state index in [0.717, 1.165) is 29.8 Å². The van der Waals surface area contributed by atoms with Gasteiger partial charge < -0.3 is 24.8 Å². The molecule has 0 radical (unpaired) electrons. The van der Waals surface area contributed by atoms with Crippen LogP contribution in [-0.4, -0.2) is 32.8 Å². The van der Waals surface area contributed by atoms with Crippen LogP contribution in [0.2, 0.25) is 0 Å². The number of fused-ring (bicyclic) bond motifs is 2. The van der Waals surface area contributed by atoms with E-state index < -0.39 is 0 Å². The van der Waals surface area contributed by atoms with Gasteiger partial charge in [-0.05, 0) is 42.7 Å². The van der Waals surface area contributed by atoms with Crippen molar-refractivity contribution in [1.29, 1.82) is 0 Å². The standard InChI is InChI=1S/C19H20N2O4/c1-23-16-10-12(11-17-18(16)25-9-8-24-17)19(22)21-7-3-4-13-14(20)5-2-6-15(13)21/h2,5-6,10-11H,3-4,7-9,20H2,1H3. The van der Waals surface area contributed by atoms with Crippen LogP contribution in [0.5, 0.6) is 17.2 Å². The number of amides is 1. The highest BCUT2D eigenvalue weighted by atomic mass is 16.6. The summed E-state index contributed by atoms with van der Waals surface area (Å²) in [5.74, 6) is 1.50. The van der Waals surface area contributed by atoms with Gasteiger partial charge in [-0.2, -0.15) is 0 Å². The Morgan fingerprint density at radius 2 is 2.08 bits per heavy atom. The molecule has 130 valence electrons. The van der Waals surface area contributed by atoms with Gasteiger partial charge in [0.1, 0.15) is 13.2 Å². The molecule has 2 aliphatic heterocycles. The zero-order valence-corrected chi connectivity index (χ0v) is 14.1. The molecule has 2 aromatic rings. The maximum Gasteiger partial charge on any atom is 0.258 e. The number of nitrogens with zero attached hydrogens (tertiary/aromatic N) is 1. The van der Waals surface area contributed by atoms with E-state index in [2.05, 4.69) is 0 Å². The van der Waals surface area contributed by atoms with Crippen molar-refractivity contribution in [3.63, 3.8) is 0 Å². The molecule has 2 N–H and O–H groups in total. The number of hydrogen-bond acceptors (Lipinski definition) is 5. The Hall–Kier alpha value is -2.89. The average molecular weight is 340 g/mol. The average Bonchev–Trinajstić information content (AvgIpc) is 2.66. The maximum absolute atomic E-state index is 13.2. The molecule has 6 nitrogen and oxygen atoms in total. The molecule has 2 heterocycles. The third-order valence-electron chi connectivity index (χ3n) is 4.61. The van der Waals surface area contributed by atoms with E-state index in [1.54, 1.807) is 24.1 Å². The van der Waals surface area contributed by atoms with Crippen molar-refractivity contribution >= 4 is 17.3 Å². The highest BCUT2D eigenvalue weighted by molar-refractivity contribution is 6.07. The first-order valence-corrected chi connectivity index (χ1v) is 8.36. The minimum atomic E-state index is -0.0955. The van der Waals surface area contributed by atoms with E-state index in [4.69, 9.17) is 19.9 Å². The summed E-state index contributed by atoms with van der Waals surface area (Å²) in [6.45, 7) is 1.58. The number of carbonyl (C=O) groups is 1. The first-order chi connectivity index (χ1) is 12.2. The third kappa shape index (κ3) is 2.63. The lowest BCUT2D eigenvalue weighted by molar-refractivity contribution is 0.0983. The predicted octanol–water partition coefficient (Wildman–Crippen LogP) is 2.64. The number of carbonyl (C=O) groups excluding carboxylic acids is 1. The lowest BCUT2D eigenvalue weighted by atomic mass is 9.99. The zero-order chi connectivity index (χ0) is 17.4. The van der Waals surface area contributed by atoms with Gasteiger partial charge in [-0.3, -0.25) is 4.79 Å². The fourth-order valence-electron chi connectivity index (χ4n) is 3.42. The molecule has 0 atom stereocenters. The van der Waals surface area contributed by atoms with E-state index in [-0.39, 0.29) is 5.91 Å². The van der Waals surface area contributed by atoms with E-state index >= 15 is 0 Å². The van der Waals surface area contributed by atoms with E-state index in [1.165, 1.54) is 0 Å². The largest absolute Gasteiger partial charge is 0.493 e. The number of rotatable bonds is 2. The summed E-state index contributed by atoms with van der Waals surface area (Å²) in [6, 6.07) is 9.12. The molecule has 6 heteroatoms. The van der Waals surface area contributed by atoms with Crippen molar-refractivity contribution < 1.29 is 19.0 Å². The number of ether oxygens (including phenoxy) is 3. The van der Waals surface area contributed by atoms with Crippen LogP contribution in [0.1, 0.15) is 22.3 Å². The second-order valence-electron chi connectivity index (χ2n) is 6.11. The third-order valence-corrected chi connectivity index (χ3v) is 4.61. The number of anilines is 2. The van der Waals surface area contributed by atoms with Gasteiger partial charge in [0.15, 0.2) is 11.5 Å². The Morgan fingerprint density at radius 3 is 2.92 bits per heavy atom. The summed E-state index contributed by atoms with van der Waals surface area (Å²) in [6.07, 6.45) is 1.77. The van der Waals surface area contributed by atoms with Crippen molar-refractivity contribution in [3.8, 4) is 17.2 Å². The lowest BCUT2D eigenvalue weighted by Gasteiger charge is -2.31. The highest BCUT2D eigenvalue weighted by Gasteiger charge is 2.27. The van der Waals surface area contributed by atoms with Crippen LogP contribution in [0.3, 0.4) is 0 Å². The van der Waals surface area contributed by atoms with E-state index in [0.29, 0.717) is 42.6 Å². The molecule has 0 saturated carbocycles. The second-order valence-corrected chi connectivity index (χ2v) is 6.11. The monoisotopic (exact) mass is 340 g/mol. The number of hydrogen-bond donors (Lipinski definition) is 1. The first-order valence-electron chi connectivity index (χ1n) is 8.36. The van der Waals surface area contributed by atoms with Gasteiger partial charge in [0.05, 0.1) is 7.11 Å².